The molecule has 2 aromatic carbocycles. The molecule has 0 bridgehead atoms. The highest BCUT2D eigenvalue weighted by Gasteiger charge is 2.27. The van der Waals surface area contributed by atoms with Gasteiger partial charge in [0.05, 0.1) is 12.5 Å². The fourth-order valence-corrected chi connectivity index (χ4v) is 3.43. The maximum Gasteiger partial charge on any atom is 0.229 e. The van der Waals surface area contributed by atoms with E-state index in [0.29, 0.717) is 18.3 Å². The van der Waals surface area contributed by atoms with Gasteiger partial charge in [0, 0.05) is 24.5 Å². The number of nitrogens with zero attached hydrogens (tertiary/aromatic N) is 1. The van der Waals surface area contributed by atoms with Gasteiger partial charge in [-0.25, -0.2) is 0 Å². The number of thiocarbonyl (C=S) groups is 1. The van der Waals surface area contributed by atoms with Crippen molar-refractivity contribution < 1.29 is 9.53 Å². The molecular weight excluding hydrogens is 358 g/mol. The molecule has 0 aromatic heterocycles. The number of piperidine rings is 1. The van der Waals surface area contributed by atoms with Crippen molar-refractivity contribution in [2.75, 3.05) is 30.3 Å². The lowest BCUT2D eigenvalue weighted by Crippen LogP contribution is -2.45. The van der Waals surface area contributed by atoms with Gasteiger partial charge in [0.2, 0.25) is 5.91 Å². The normalized spacial score (nSPS) is 16.5. The Bertz CT molecular complexity index is 765. The van der Waals surface area contributed by atoms with Crippen LogP contribution in [0.3, 0.4) is 0 Å². The van der Waals surface area contributed by atoms with Crippen molar-refractivity contribution in [3.8, 4) is 5.75 Å². The van der Waals surface area contributed by atoms with E-state index in [1.54, 1.807) is 0 Å². The second kappa shape index (κ2) is 9.37. The first-order chi connectivity index (χ1) is 13.2. The van der Waals surface area contributed by atoms with Crippen LogP contribution in [0.4, 0.5) is 11.4 Å². The van der Waals surface area contributed by atoms with E-state index in [0.717, 1.165) is 36.5 Å². The second-order valence-electron chi connectivity index (χ2n) is 6.53. The van der Waals surface area contributed by atoms with E-state index in [1.807, 2.05) is 61.5 Å². The van der Waals surface area contributed by atoms with Crippen LogP contribution < -0.4 is 15.4 Å². The Morgan fingerprint density at radius 3 is 2.52 bits per heavy atom. The maximum atomic E-state index is 12.6. The van der Waals surface area contributed by atoms with Crippen LogP contribution in [0.2, 0.25) is 0 Å². The molecule has 1 aliphatic heterocycles. The molecule has 1 atom stereocenters. The number of nitrogens with one attached hydrogen (secondary N) is 2. The van der Waals surface area contributed by atoms with E-state index in [4.69, 9.17) is 17.0 Å². The van der Waals surface area contributed by atoms with Crippen LogP contribution in [0, 0.1) is 5.92 Å². The van der Waals surface area contributed by atoms with Crippen LogP contribution in [-0.4, -0.2) is 35.6 Å². The van der Waals surface area contributed by atoms with Crippen molar-refractivity contribution in [3.05, 3.63) is 54.6 Å². The zero-order chi connectivity index (χ0) is 19.1. The van der Waals surface area contributed by atoms with Gasteiger partial charge in [0.15, 0.2) is 5.11 Å². The van der Waals surface area contributed by atoms with Crippen molar-refractivity contribution in [1.29, 1.82) is 0 Å². The first-order valence-corrected chi connectivity index (χ1v) is 9.71. The number of carbonyl (C=O) groups is 1. The smallest absolute Gasteiger partial charge is 0.229 e. The molecule has 3 rings (SSSR count). The lowest BCUT2D eigenvalue weighted by Gasteiger charge is -2.34. The van der Waals surface area contributed by atoms with Gasteiger partial charge in [-0.05, 0) is 68.4 Å². The summed E-state index contributed by atoms with van der Waals surface area (Å²) < 4.78 is 5.46. The number of carbonyl (C=O) groups excluding carboxylic acids is 1. The van der Waals surface area contributed by atoms with Gasteiger partial charge in [0.1, 0.15) is 5.75 Å². The van der Waals surface area contributed by atoms with Gasteiger partial charge in [-0.2, -0.15) is 0 Å². The van der Waals surface area contributed by atoms with E-state index in [2.05, 4.69) is 15.5 Å². The summed E-state index contributed by atoms with van der Waals surface area (Å²) >= 11 is 5.56. The molecular formula is C21H25N3O2S. The Balaban J connectivity index is 1.55. The highest BCUT2D eigenvalue weighted by molar-refractivity contribution is 7.80. The quantitative estimate of drug-likeness (QED) is 0.760. The average Bonchev–Trinajstić information content (AvgIpc) is 2.70. The molecule has 2 N–H and O–H groups in total. The summed E-state index contributed by atoms with van der Waals surface area (Å²) in [5.74, 6) is 0.818. The van der Waals surface area contributed by atoms with Crippen molar-refractivity contribution in [2.45, 2.75) is 19.8 Å². The van der Waals surface area contributed by atoms with Crippen molar-refractivity contribution in [2.24, 2.45) is 5.92 Å². The third kappa shape index (κ3) is 5.44. The molecule has 6 heteroatoms. The molecule has 0 aliphatic carbocycles. The lowest BCUT2D eigenvalue weighted by atomic mass is 9.97. The molecule has 0 radical (unpaired) electrons. The Morgan fingerprint density at radius 2 is 1.81 bits per heavy atom. The Kier molecular flexibility index (Phi) is 6.65. The molecule has 0 saturated carbocycles. The maximum absolute atomic E-state index is 12.6. The third-order valence-corrected chi connectivity index (χ3v) is 4.90. The first-order valence-electron chi connectivity index (χ1n) is 9.30. The Morgan fingerprint density at radius 1 is 1.11 bits per heavy atom. The fraction of sp³-hybridized carbons (Fsp3) is 0.333. The highest BCUT2D eigenvalue weighted by Crippen LogP contribution is 2.21. The van der Waals surface area contributed by atoms with E-state index < -0.39 is 0 Å². The number of rotatable bonds is 5. The van der Waals surface area contributed by atoms with Crippen LogP contribution >= 0.6 is 12.2 Å². The summed E-state index contributed by atoms with van der Waals surface area (Å²) in [4.78, 5) is 14.7. The predicted molar refractivity (Wildman–Crippen MR) is 113 cm³/mol. The molecule has 1 saturated heterocycles. The zero-order valence-corrected chi connectivity index (χ0v) is 16.3. The monoisotopic (exact) mass is 383 g/mol. The predicted octanol–water partition coefficient (Wildman–Crippen LogP) is 4.13. The number of benzene rings is 2. The van der Waals surface area contributed by atoms with Gasteiger partial charge in [0.25, 0.3) is 0 Å². The van der Waals surface area contributed by atoms with E-state index in [9.17, 15) is 4.79 Å². The molecule has 142 valence electrons. The summed E-state index contributed by atoms with van der Waals surface area (Å²) in [5, 5.41) is 6.91. The van der Waals surface area contributed by atoms with Gasteiger partial charge in [-0.15, -0.1) is 0 Å². The summed E-state index contributed by atoms with van der Waals surface area (Å²) in [5.41, 5.74) is 1.74. The van der Waals surface area contributed by atoms with Gasteiger partial charge in [-0.3, -0.25) is 4.79 Å². The SMILES string of the molecule is CCOc1ccc(NC(=S)N2CCCC(C(=O)Nc3ccccc3)C2)cc1. The minimum atomic E-state index is -0.0703. The lowest BCUT2D eigenvalue weighted by molar-refractivity contribution is -0.121. The number of hydrogen-bond donors (Lipinski definition) is 2. The van der Waals surface area contributed by atoms with Crippen LogP contribution in [0.1, 0.15) is 19.8 Å². The minimum absolute atomic E-state index is 0.0507. The number of ether oxygens (including phenoxy) is 1. The Hall–Kier alpha value is -2.60. The molecule has 0 spiro atoms. The fourth-order valence-electron chi connectivity index (χ4n) is 3.15. The summed E-state index contributed by atoms with van der Waals surface area (Å²) in [6, 6.07) is 17.3. The summed E-state index contributed by atoms with van der Waals surface area (Å²) in [7, 11) is 0. The van der Waals surface area contributed by atoms with Crippen LogP contribution in [0.15, 0.2) is 54.6 Å². The molecule has 1 fully saturated rings. The zero-order valence-electron chi connectivity index (χ0n) is 15.5. The Labute approximate surface area is 165 Å². The topological polar surface area (TPSA) is 53.6 Å². The molecule has 1 aliphatic rings. The molecule has 1 amide bonds. The van der Waals surface area contributed by atoms with Gasteiger partial charge < -0.3 is 20.3 Å². The van der Waals surface area contributed by atoms with Crippen molar-refractivity contribution in [3.63, 3.8) is 0 Å². The number of likely N-dealkylation sites (tertiary alicyclic amines) is 1. The number of anilines is 2. The van der Waals surface area contributed by atoms with Crippen LogP contribution in [-0.2, 0) is 4.79 Å². The number of amides is 1. The highest BCUT2D eigenvalue weighted by atomic mass is 32.1. The minimum Gasteiger partial charge on any atom is -0.494 e. The number of hydrogen-bond acceptors (Lipinski definition) is 3. The van der Waals surface area contributed by atoms with E-state index >= 15 is 0 Å². The van der Waals surface area contributed by atoms with Crippen LogP contribution in [0.5, 0.6) is 5.75 Å². The molecule has 1 unspecified atom stereocenters. The van der Waals surface area contributed by atoms with Gasteiger partial charge >= 0.3 is 0 Å². The summed E-state index contributed by atoms with van der Waals surface area (Å²) in [6.45, 7) is 4.09. The summed E-state index contributed by atoms with van der Waals surface area (Å²) in [6.07, 6.45) is 1.82. The van der Waals surface area contributed by atoms with Gasteiger partial charge in [-0.1, -0.05) is 18.2 Å². The molecule has 1 heterocycles. The standard InChI is InChI=1S/C21H25N3O2S/c1-2-26-19-12-10-18(11-13-19)23-21(27)24-14-6-7-16(15-24)20(25)22-17-8-4-3-5-9-17/h3-5,8-13,16H,2,6-7,14-15H2,1H3,(H,22,25)(H,23,27). The third-order valence-electron chi connectivity index (χ3n) is 4.54. The number of para-hydroxylation sites is 1. The molecule has 27 heavy (non-hydrogen) atoms. The van der Waals surface area contributed by atoms with E-state index in [1.165, 1.54) is 0 Å². The second-order valence-corrected chi connectivity index (χ2v) is 6.91. The van der Waals surface area contributed by atoms with Crippen LogP contribution in [0.25, 0.3) is 0 Å². The van der Waals surface area contributed by atoms with Crippen molar-refractivity contribution >= 4 is 34.6 Å². The van der Waals surface area contributed by atoms with Crippen molar-refractivity contribution in [1.82, 2.24) is 4.90 Å². The largest absolute Gasteiger partial charge is 0.494 e. The average molecular weight is 384 g/mol. The molecule has 5 nitrogen and oxygen atoms in total. The first kappa shape index (κ1) is 19.2. The van der Waals surface area contributed by atoms with E-state index in [-0.39, 0.29) is 11.8 Å². The molecule has 2 aromatic rings.